The molecule has 0 aromatic heterocycles. The molecule has 0 spiro atoms. The number of benzene rings is 2. The summed E-state index contributed by atoms with van der Waals surface area (Å²) in [5, 5.41) is 5.13. The fourth-order valence-corrected chi connectivity index (χ4v) is 2.94. The average Bonchev–Trinajstić information content (AvgIpc) is 2.75. The van der Waals surface area contributed by atoms with Crippen LogP contribution in [0.4, 0.5) is 21.9 Å². The molecule has 1 fully saturated rings. The quantitative estimate of drug-likeness (QED) is 0.625. The maximum Gasteiger partial charge on any atom is 0.338 e. The van der Waals surface area contributed by atoms with Crippen molar-refractivity contribution in [2.45, 2.75) is 13.0 Å². The van der Waals surface area contributed by atoms with Crippen LogP contribution in [0.15, 0.2) is 48.5 Å². The third-order valence-electron chi connectivity index (χ3n) is 4.55. The van der Waals surface area contributed by atoms with Gasteiger partial charge in [-0.15, -0.1) is 0 Å². The molecule has 3 amide bonds. The van der Waals surface area contributed by atoms with E-state index in [1.807, 2.05) is 24.3 Å². The summed E-state index contributed by atoms with van der Waals surface area (Å²) in [7, 11) is 0. The molecule has 2 aromatic rings. The van der Waals surface area contributed by atoms with Gasteiger partial charge in [-0.05, 0) is 55.5 Å². The van der Waals surface area contributed by atoms with Crippen LogP contribution in [-0.2, 0) is 14.3 Å². The highest BCUT2D eigenvalue weighted by molar-refractivity contribution is 5.97. The first-order valence-corrected chi connectivity index (χ1v) is 9.53. The fourth-order valence-electron chi connectivity index (χ4n) is 2.94. The molecule has 0 saturated carbocycles. The first-order valence-electron chi connectivity index (χ1n) is 9.53. The number of primary amides is 1. The predicted molar refractivity (Wildman–Crippen MR) is 113 cm³/mol. The summed E-state index contributed by atoms with van der Waals surface area (Å²) in [5.41, 5.74) is 7.41. The maximum atomic E-state index is 12.4. The molecule has 30 heavy (non-hydrogen) atoms. The summed E-state index contributed by atoms with van der Waals surface area (Å²) in [6.07, 6.45) is -0.986. The minimum atomic E-state index is -0.986. The van der Waals surface area contributed by atoms with Crippen LogP contribution >= 0.6 is 0 Å². The zero-order valence-electron chi connectivity index (χ0n) is 16.6. The van der Waals surface area contributed by atoms with E-state index in [0.29, 0.717) is 24.6 Å². The molecule has 1 saturated heterocycles. The summed E-state index contributed by atoms with van der Waals surface area (Å²) in [4.78, 5) is 37.6. The van der Waals surface area contributed by atoms with E-state index in [9.17, 15) is 14.4 Å². The second-order valence-corrected chi connectivity index (χ2v) is 6.75. The topological polar surface area (TPSA) is 123 Å². The molecule has 1 aliphatic heterocycles. The summed E-state index contributed by atoms with van der Waals surface area (Å²) < 4.78 is 10.6. The van der Waals surface area contributed by atoms with Gasteiger partial charge in [-0.1, -0.05) is 0 Å². The van der Waals surface area contributed by atoms with Crippen molar-refractivity contribution >= 4 is 35.0 Å². The number of nitrogens with two attached hydrogens (primary N) is 1. The molecule has 0 radical (unpaired) electrons. The van der Waals surface area contributed by atoms with Crippen LogP contribution in [0, 0.1) is 0 Å². The molecule has 9 nitrogen and oxygen atoms in total. The zero-order chi connectivity index (χ0) is 21.5. The SMILES string of the molecule is CC(OC(=O)c1ccc(NC(N)=O)cc1)C(=O)Nc1ccc(N2CCOCC2)cc1. The van der Waals surface area contributed by atoms with E-state index in [2.05, 4.69) is 15.5 Å². The molecule has 2 aromatic carbocycles. The highest BCUT2D eigenvalue weighted by Gasteiger charge is 2.19. The third kappa shape index (κ3) is 5.71. The van der Waals surface area contributed by atoms with E-state index in [-0.39, 0.29) is 5.56 Å². The number of carbonyl (C=O) groups excluding carboxylic acids is 3. The molecular formula is C21H24N4O5. The van der Waals surface area contributed by atoms with E-state index < -0.39 is 24.0 Å². The smallest absolute Gasteiger partial charge is 0.338 e. The van der Waals surface area contributed by atoms with Crippen molar-refractivity contribution in [1.29, 1.82) is 0 Å². The lowest BCUT2D eigenvalue weighted by molar-refractivity contribution is -0.123. The van der Waals surface area contributed by atoms with E-state index >= 15 is 0 Å². The second-order valence-electron chi connectivity index (χ2n) is 6.75. The summed E-state index contributed by atoms with van der Waals surface area (Å²) in [6.45, 7) is 4.56. The van der Waals surface area contributed by atoms with Gasteiger partial charge in [0.2, 0.25) is 0 Å². The Morgan fingerprint density at radius 1 is 0.967 bits per heavy atom. The van der Waals surface area contributed by atoms with E-state index in [0.717, 1.165) is 18.8 Å². The van der Waals surface area contributed by atoms with Gasteiger partial charge in [0, 0.05) is 30.2 Å². The first kappa shape index (κ1) is 21.1. The van der Waals surface area contributed by atoms with Gasteiger partial charge in [-0.25, -0.2) is 9.59 Å². The third-order valence-corrected chi connectivity index (χ3v) is 4.55. The Morgan fingerprint density at radius 3 is 2.13 bits per heavy atom. The molecule has 4 N–H and O–H groups in total. The lowest BCUT2D eigenvalue weighted by Gasteiger charge is -2.28. The van der Waals surface area contributed by atoms with Gasteiger partial charge in [0.25, 0.3) is 5.91 Å². The molecule has 0 aliphatic carbocycles. The van der Waals surface area contributed by atoms with E-state index in [1.165, 1.54) is 31.2 Å². The number of rotatable bonds is 6. The van der Waals surface area contributed by atoms with Crippen LogP contribution in [0.2, 0.25) is 0 Å². The standard InChI is InChI=1S/C21H24N4O5/c1-14(30-20(27)15-2-4-17(5-3-15)24-21(22)28)19(26)23-16-6-8-18(9-7-16)25-10-12-29-13-11-25/h2-9,14H,10-13H2,1H3,(H,23,26)(H3,22,24,28). The number of hydrogen-bond donors (Lipinski definition) is 3. The molecule has 3 rings (SSSR count). The van der Waals surface area contributed by atoms with Crippen LogP contribution in [0.5, 0.6) is 0 Å². The van der Waals surface area contributed by atoms with Crippen LogP contribution in [-0.4, -0.2) is 50.3 Å². The summed E-state index contributed by atoms with van der Waals surface area (Å²) in [5.74, 6) is -1.08. The Hall–Kier alpha value is -3.59. The Morgan fingerprint density at radius 2 is 1.53 bits per heavy atom. The van der Waals surface area contributed by atoms with Crippen LogP contribution in [0.25, 0.3) is 0 Å². The molecule has 1 unspecified atom stereocenters. The Bertz CT molecular complexity index is 893. The van der Waals surface area contributed by atoms with E-state index in [1.54, 1.807) is 0 Å². The Balaban J connectivity index is 1.52. The Labute approximate surface area is 174 Å². The van der Waals surface area contributed by atoms with Gasteiger partial charge >= 0.3 is 12.0 Å². The number of carbonyl (C=O) groups is 3. The van der Waals surface area contributed by atoms with Crippen LogP contribution in [0.1, 0.15) is 17.3 Å². The van der Waals surface area contributed by atoms with Crippen molar-refractivity contribution in [3.8, 4) is 0 Å². The van der Waals surface area contributed by atoms with Crippen molar-refractivity contribution in [3.05, 3.63) is 54.1 Å². The van der Waals surface area contributed by atoms with Crippen molar-refractivity contribution < 1.29 is 23.9 Å². The number of morpholine rings is 1. The monoisotopic (exact) mass is 412 g/mol. The lowest BCUT2D eigenvalue weighted by Crippen LogP contribution is -2.36. The first-order chi connectivity index (χ1) is 14.4. The van der Waals surface area contributed by atoms with Crippen LogP contribution in [0.3, 0.4) is 0 Å². The highest BCUT2D eigenvalue weighted by Crippen LogP contribution is 2.19. The van der Waals surface area contributed by atoms with Crippen LogP contribution < -0.4 is 21.3 Å². The summed E-state index contributed by atoms with van der Waals surface area (Å²) in [6, 6.07) is 12.8. The van der Waals surface area contributed by atoms with Gasteiger partial charge in [-0.3, -0.25) is 4.79 Å². The van der Waals surface area contributed by atoms with E-state index in [4.69, 9.17) is 15.2 Å². The number of nitrogens with one attached hydrogen (secondary N) is 2. The van der Waals surface area contributed by atoms with Crippen molar-refractivity contribution in [3.63, 3.8) is 0 Å². The molecule has 158 valence electrons. The fraction of sp³-hybridized carbons (Fsp3) is 0.286. The minimum Gasteiger partial charge on any atom is -0.449 e. The van der Waals surface area contributed by atoms with Gasteiger partial charge in [0.1, 0.15) is 0 Å². The normalized spacial score (nSPS) is 14.5. The number of amides is 3. The number of urea groups is 1. The lowest BCUT2D eigenvalue weighted by atomic mass is 10.2. The number of esters is 1. The summed E-state index contributed by atoms with van der Waals surface area (Å²) >= 11 is 0. The van der Waals surface area contributed by atoms with Gasteiger partial charge < -0.3 is 30.7 Å². The van der Waals surface area contributed by atoms with Crippen molar-refractivity contribution in [1.82, 2.24) is 0 Å². The van der Waals surface area contributed by atoms with Crippen molar-refractivity contribution in [2.24, 2.45) is 5.73 Å². The number of ether oxygens (including phenoxy) is 2. The molecule has 1 heterocycles. The largest absolute Gasteiger partial charge is 0.449 e. The number of hydrogen-bond acceptors (Lipinski definition) is 6. The maximum absolute atomic E-state index is 12.4. The van der Waals surface area contributed by atoms with Crippen molar-refractivity contribution in [2.75, 3.05) is 41.8 Å². The average molecular weight is 412 g/mol. The zero-order valence-corrected chi connectivity index (χ0v) is 16.6. The minimum absolute atomic E-state index is 0.250. The second kappa shape index (κ2) is 9.75. The molecule has 9 heteroatoms. The van der Waals surface area contributed by atoms with Gasteiger partial charge in [-0.2, -0.15) is 0 Å². The molecule has 1 aliphatic rings. The predicted octanol–water partition coefficient (Wildman–Crippen LogP) is 2.20. The molecule has 1 atom stereocenters. The Kier molecular flexibility index (Phi) is 6.87. The molecule has 0 bridgehead atoms. The highest BCUT2D eigenvalue weighted by atomic mass is 16.5. The van der Waals surface area contributed by atoms with Gasteiger partial charge in [0.05, 0.1) is 18.8 Å². The number of nitrogens with zero attached hydrogens (tertiary/aromatic N) is 1. The number of anilines is 3. The van der Waals surface area contributed by atoms with Gasteiger partial charge in [0.15, 0.2) is 6.10 Å². The molecular weight excluding hydrogens is 388 g/mol.